The Kier molecular flexibility index (Phi) is 4.95. The molecule has 1 N–H and O–H groups in total. The quantitative estimate of drug-likeness (QED) is 0.557. The fourth-order valence-corrected chi connectivity index (χ4v) is 3.09. The van der Waals surface area contributed by atoms with E-state index in [2.05, 4.69) is 9.97 Å². The largest absolute Gasteiger partial charge is 0.491 e. The molecule has 2 aromatic carbocycles. The standard InChI is InChI=1S/C22H21N3O3/c1-15(27-2)13-28-18-10-8-16(9-11-18)19-12-25(17-6-4-3-5-7-17)21-20(19)22(26)24-14-23-21/h3-12,14-15H,13H2,1-2H3,(H,23,24,26)/t15-/m1/s1. The van der Waals surface area contributed by atoms with Crippen molar-refractivity contribution in [3.05, 3.63) is 77.5 Å². The Bertz CT molecular complexity index is 1130. The van der Waals surface area contributed by atoms with Gasteiger partial charge in [-0.3, -0.25) is 4.79 Å². The predicted octanol–water partition coefficient (Wildman–Crippen LogP) is 3.79. The van der Waals surface area contributed by atoms with E-state index >= 15 is 0 Å². The maximum absolute atomic E-state index is 12.5. The molecule has 4 rings (SSSR count). The average molecular weight is 375 g/mol. The van der Waals surface area contributed by atoms with Crippen molar-refractivity contribution < 1.29 is 9.47 Å². The van der Waals surface area contributed by atoms with E-state index in [4.69, 9.17) is 9.47 Å². The van der Waals surface area contributed by atoms with Gasteiger partial charge in [0.2, 0.25) is 0 Å². The van der Waals surface area contributed by atoms with Crippen LogP contribution in [0.5, 0.6) is 5.75 Å². The SMILES string of the molecule is CO[C@H](C)COc1ccc(-c2cn(-c3ccccc3)c3nc[nH]c(=O)c23)cc1. The Morgan fingerprint density at radius 2 is 1.86 bits per heavy atom. The minimum atomic E-state index is -0.163. The number of nitrogens with zero attached hydrogens (tertiary/aromatic N) is 2. The minimum Gasteiger partial charge on any atom is -0.491 e. The normalized spacial score (nSPS) is 12.2. The zero-order chi connectivity index (χ0) is 19.5. The molecular weight excluding hydrogens is 354 g/mol. The number of methoxy groups -OCH3 is 1. The Hall–Kier alpha value is -3.38. The number of hydrogen-bond acceptors (Lipinski definition) is 4. The fourth-order valence-electron chi connectivity index (χ4n) is 3.09. The van der Waals surface area contributed by atoms with E-state index in [1.54, 1.807) is 7.11 Å². The molecule has 2 heterocycles. The molecule has 6 heteroatoms. The number of benzene rings is 2. The molecule has 0 fully saturated rings. The number of nitrogens with one attached hydrogen (secondary N) is 1. The summed E-state index contributed by atoms with van der Waals surface area (Å²) >= 11 is 0. The van der Waals surface area contributed by atoms with Gasteiger partial charge >= 0.3 is 0 Å². The van der Waals surface area contributed by atoms with Crippen molar-refractivity contribution in [1.29, 1.82) is 0 Å². The highest BCUT2D eigenvalue weighted by Gasteiger charge is 2.15. The fraction of sp³-hybridized carbons (Fsp3) is 0.182. The Labute approximate surface area is 162 Å². The van der Waals surface area contributed by atoms with Crippen molar-refractivity contribution in [2.24, 2.45) is 0 Å². The summed E-state index contributed by atoms with van der Waals surface area (Å²) in [6, 6.07) is 17.5. The van der Waals surface area contributed by atoms with Crippen molar-refractivity contribution in [3.8, 4) is 22.6 Å². The Morgan fingerprint density at radius 3 is 2.57 bits per heavy atom. The van der Waals surface area contributed by atoms with Crippen LogP contribution in [0, 0.1) is 0 Å². The number of rotatable bonds is 6. The van der Waals surface area contributed by atoms with Crippen LogP contribution >= 0.6 is 0 Å². The lowest BCUT2D eigenvalue weighted by Gasteiger charge is -2.11. The van der Waals surface area contributed by atoms with E-state index in [1.807, 2.05) is 72.3 Å². The van der Waals surface area contributed by atoms with Gasteiger partial charge in [0.1, 0.15) is 12.4 Å². The molecular formula is C22H21N3O3. The van der Waals surface area contributed by atoms with Crippen LogP contribution < -0.4 is 10.3 Å². The number of fused-ring (bicyclic) bond motifs is 1. The third-order valence-electron chi connectivity index (χ3n) is 4.68. The van der Waals surface area contributed by atoms with Gasteiger partial charge in [0, 0.05) is 24.6 Å². The number of H-pyrrole nitrogens is 1. The molecule has 0 radical (unpaired) electrons. The molecule has 0 aliphatic rings. The smallest absolute Gasteiger partial charge is 0.260 e. The predicted molar refractivity (Wildman–Crippen MR) is 109 cm³/mol. The van der Waals surface area contributed by atoms with E-state index in [9.17, 15) is 4.79 Å². The molecule has 2 aromatic heterocycles. The first-order chi connectivity index (χ1) is 13.7. The molecule has 0 bridgehead atoms. The summed E-state index contributed by atoms with van der Waals surface area (Å²) in [7, 11) is 1.66. The highest BCUT2D eigenvalue weighted by atomic mass is 16.5. The second kappa shape index (κ2) is 7.70. The van der Waals surface area contributed by atoms with Crippen LogP contribution in [0.1, 0.15) is 6.92 Å². The van der Waals surface area contributed by atoms with E-state index in [-0.39, 0.29) is 11.7 Å². The van der Waals surface area contributed by atoms with Crippen molar-refractivity contribution >= 4 is 11.0 Å². The van der Waals surface area contributed by atoms with Crippen molar-refractivity contribution in [2.75, 3.05) is 13.7 Å². The number of ether oxygens (including phenoxy) is 2. The summed E-state index contributed by atoms with van der Waals surface area (Å²) in [4.78, 5) is 19.6. The van der Waals surface area contributed by atoms with Gasteiger partial charge in [-0.2, -0.15) is 0 Å². The number of aromatic nitrogens is 3. The molecule has 142 valence electrons. The molecule has 28 heavy (non-hydrogen) atoms. The van der Waals surface area contributed by atoms with Crippen LogP contribution in [0.2, 0.25) is 0 Å². The molecule has 0 saturated heterocycles. The summed E-state index contributed by atoms with van der Waals surface area (Å²) < 4.78 is 12.9. The third-order valence-corrected chi connectivity index (χ3v) is 4.68. The van der Waals surface area contributed by atoms with Crippen LogP contribution in [0.15, 0.2) is 71.9 Å². The van der Waals surface area contributed by atoms with Gasteiger partial charge < -0.3 is 19.0 Å². The summed E-state index contributed by atoms with van der Waals surface area (Å²) in [6.45, 7) is 2.43. The maximum Gasteiger partial charge on any atom is 0.260 e. The molecule has 0 saturated carbocycles. The van der Waals surface area contributed by atoms with Crippen LogP contribution in [-0.2, 0) is 4.74 Å². The summed E-state index contributed by atoms with van der Waals surface area (Å²) in [5.41, 5.74) is 3.16. The van der Waals surface area contributed by atoms with E-state index in [0.29, 0.717) is 17.6 Å². The lowest BCUT2D eigenvalue weighted by Crippen LogP contribution is -2.15. The second-order valence-electron chi connectivity index (χ2n) is 6.56. The van der Waals surface area contributed by atoms with Crippen LogP contribution in [0.3, 0.4) is 0 Å². The van der Waals surface area contributed by atoms with E-state index in [1.165, 1.54) is 6.33 Å². The van der Waals surface area contributed by atoms with Gasteiger partial charge in [-0.1, -0.05) is 30.3 Å². The summed E-state index contributed by atoms with van der Waals surface area (Å²) in [6.07, 6.45) is 3.40. The van der Waals surface area contributed by atoms with Crippen LogP contribution in [0.4, 0.5) is 0 Å². The zero-order valence-corrected chi connectivity index (χ0v) is 15.8. The first-order valence-electron chi connectivity index (χ1n) is 9.07. The van der Waals surface area contributed by atoms with Crippen LogP contribution in [-0.4, -0.2) is 34.4 Å². The zero-order valence-electron chi connectivity index (χ0n) is 15.8. The van der Waals surface area contributed by atoms with Gasteiger partial charge in [0.25, 0.3) is 5.56 Å². The lowest BCUT2D eigenvalue weighted by molar-refractivity contribution is 0.0717. The van der Waals surface area contributed by atoms with Crippen molar-refractivity contribution in [1.82, 2.24) is 14.5 Å². The highest BCUT2D eigenvalue weighted by molar-refractivity contribution is 5.94. The van der Waals surface area contributed by atoms with E-state index in [0.717, 1.165) is 22.6 Å². The van der Waals surface area contributed by atoms with Gasteiger partial charge in [0.15, 0.2) is 5.65 Å². The maximum atomic E-state index is 12.5. The summed E-state index contributed by atoms with van der Waals surface area (Å²) in [5, 5.41) is 0.563. The summed E-state index contributed by atoms with van der Waals surface area (Å²) in [5.74, 6) is 0.756. The molecule has 6 nitrogen and oxygen atoms in total. The Balaban J connectivity index is 1.76. The molecule has 0 aliphatic heterocycles. The number of para-hydroxylation sites is 1. The molecule has 0 amide bonds. The number of aromatic amines is 1. The molecule has 4 aromatic rings. The lowest BCUT2D eigenvalue weighted by atomic mass is 10.1. The highest BCUT2D eigenvalue weighted by Crippen LogP contribution is 2.30. The first-order valence-corrected chi connectivity index (χ1v) is 9.07. The third kappa shape index (κ3) is 3.42. The second-order valence-corrected chi connectivity index (χ2v) is 6.56. The molecule has 0 aliphatic carbocycles. The molecule has 0 unspecified atom stereocenters. The van der Waals surface area contributed by atoms with Crippen molar-refractivity contribution in [2.45, 2.75) is 13.0 Å². The minimum absolute atomic E-state index is 0.0214. The molecule has 0 spiro atoms. The first kappa shape index (κ1) is 18.0. The Morgan fingerprint density at radius 1 is 1.11 bits per heavy atom. The van der Waals surface area contributed by atoms with E-state index < -0.39 is 0 Å². The van der Waals surface area contributed by atoms with Gasteiger partial charge in [-0.15, -0.1) is 0 Å². The average Bonchev–Trinajstić information content (AvgIpc) is 3.14. The molecule has 1 atom stereocenters. The topological polar surface area (TPSA) is 69.1 Å². The number of hydrogen-bond donors (Lipinski definition) is 1. The van der Waals surface area contributed by atoms with Gasteiger partial charge in [-0.25, -0.2) is 4.98 Å². The van der Waals surface area contributed by atoms with Gasteiger partial charge in [0.05, 0.1) is 17.8 Å². The van der Waals surface area contributed by atoms with Gasteiger partial charge in [-0.05, 0) is 36.8 Å². The van der Waals surface area contributed by atoms with Crippen LogP contribution in [0.25, 0.3) is 27.8 Å². The monoisotopic (exact) mass is 375 g/mol. The van der Waals surface area contributed by atoms with Crippen molar-refractivity contribution in [3.63, 3.8) is 0 Å².